The Morgan fingerprint density at radius 3 is 2.35 bits per heavy atom. The first kappa shape index (κ1) is 16.7. The minimum atomic E-state index is -0.408. The average molecular weight is 314 g/mol. The fraction of sp³-hybridized carbons (Fsp3) is 0.222. The topological polar surface area (TPSA) is 58.2 Å². The van der Waals surface area contributed by atoms with Crippen LogP contribution in [-0.4, -0.2) is 11.8 Å². The van der Waals surface area contributed by atoms with E-state index in [0.29, 0.717) is 5.56 Å². The summed E-state index contributed by atoms with van der Waals surface area (Å²) in [6.07, 6.45) is 0.0953. The second-order valence-electron chi connectivity index (χ2n) is 5.24. The maximum Gasteiger partial charge on any atom is 0.222 e. The summed E-state index contributed by atoms with van der Waals surface area (Å²) in [5.74, 6) is -0.814. The van der Waals surface area contributed by atoms with Crippen molar-refractivity contribution >= 4 is 11.8 Å². The molecule has 0 aliphatic heterocycles. The molecule has 1 unspecified atom stereocenters. The number of rotatable bonds is 6. The highest BCUT2D eigenvalue weighted by Crippen LogP contribution is 2.16. The number of amides is 2. The van der Waals surface area contributed by atoms with Gasteiger partial charge < -0.3 is 10.6 Å². The van der Waals surface area contributed by atoms with Gasteiger partial charge in [-0.25, -0.2) is 4.39 Å². The van der Waals surface area contributed by atoms with Gasteiger partial charge in [-0.3, -0.25) is 9.59 Å². The molecule has 2 rings (SSSR count). The van der Waals surface area contributed by atoms with Crippen molar-refractivity contribution in [1.82, 2.24) is 10.6 Å². The lowest BCUT2D eigenvalue weighted by Crippen LogP contribution is -2.32. The van der Waals surface area contributed by atoms with E-state index in [2.05, 4.69) is 10.6 Å². The minimum Gasteiger partial charge on any atom is -0.352 e. The van der Waals surface area contributed by atoms with Crippen LogP contribution in [0.4, 0.5) is 4.39 Å². The number of carbonyl (C=O) groups excluding carboxylic acids is 2. The van der Waals surface area contributed by atoms with Gasteiger partial charge in [0.05, 0.1) is 12.5 Å². The SMILES string of the molecule is CC(=O)NC(CC(=O)NCc1ccccc1F)c1ccccc1. The highest BCUT2D eigenvalue weighted by atomic mass is 19.1. The molecule has 5 heteroatoms. The zero-order valence-electron chi connectivity index (χ0n) is 12.9. The summed E-state index contributed by atoms with van der Waals surface area (Å²) in [5.41, 5.74) is 1.28. The van der Waals surface area contributed by atoms with E-state index in [1.807, 2.05) is 30.3 Å². The van der Waals surface area contributed by atoms with E-state index in [0.717, 1.165) is 5.56 Å². The number of halogens is 1. The van der Waals surface area contributed by atoms with Crippen molar-refractivity contribution in [2.24, 2.45) is 0 Å². The van der Waals surface area contributed by atoms with Gasteiger partial charge in [0.2, 0.25) is 11.8 Å². The van der Waals surface area contributed by atoms with Gasteiger partial charge in [-0.05, 0) is 11.6 Å². The first-order chi connectivity index (χ1) is 11.1. The van der Waals surface area contributed by atoms with Crippen molar-refractivity contribution in [3.8, 4) is 0 Å². The average Bonchev–Trinajstić information content (AvgIpc) is 2.54. The summed E-state index contributed by atoms with van der Waals surface area (Å²) in [7, 11) is 0. The lowest BCUT2D eigenvalue weighted by atomic mass is 10.0. The fourth-order valence-corrected chi connectivity index (χ4v) is 2.28. The predicted molar refractivity (Wildman–Crippen MR) is 85.9 cm³/mol. The number of carbonyl (C=O) groups is 2. The van der Waals surface area contributed by atoms with Crippen molar-refractivity contribution in [3.05, 3.63) is 71.5 Å². The molecule has 1 atom stereocenters. The molecule has 0 spiro atoms. The van der Waals surface area contributed by atoms with Crippen LogP contribution in [0.1, 0.15) is 30.5 Å². The van der Waals surface area contributed by atoms with Crippen LogP contribution in [0.15, 0.2) is 54.6 Å². The molecule has 0 radical (unpaired) electrons. The molecular weight excluding hydrogens is 295 g/mol. The largest absolute Gasteiger partial charge is 0.352 e. The zero-order valence-corrected chi connectivity index (χ0v) is 12.9. The van der Waals surface area contributed by atoms with Crippen LogP contribution >= 0.6 is 0 Å². The Kier molecular flexibility index (Phi) is 5.86. The molecule has 0 aromatic heterocycles. The Morgan fingerprint density at radius 2 is 1.70 bits per heavy atom. The third kappa shape index (κ3) is 5.21. The van der Waals surface area contributed by atoms with Crippen molar-refractivity contribution in [2.45, 2.75) is 25.9 Å². The highest BCUT2D eigenvalue weighted by molar-refractivity contribution is 5.79. The van der Waals surface area contributed by atoms with Gasteiger partial charge in [0, 0.05) is 19.0 Å². The van der Waals surface area contributed by atoms with Gasteiger partial charge >= 0.3 is 0 Å². The molecule has 4 nitrogen and oxygen atoms in total. The standard InChI is InChI=1S/C18H19FN2O2/c1-13(22)21-17(14-7-3-2-4-8-14)11-18(23)20-12-15-9-5-6-10-16(15)19/h2-10,17H,11-12H2,1H3,(H,20,23)(H,21,22). The molecule has 2 amide bonds. The van der Waals surface area contributed by atoms with E-state index >= 15 is 0 Å². The minimum absolute atomic E-state index is 0.0953. The van der Waals surface area contributed by atoms with E-state index in [1.54, 1.807) is 18.2 Å². The smallest absolute Gasteiger partial charge is 0.222 e. The number of hydrogen-bond donors (Lipinski definition) is 2. The summed E-state index contributed by atoms with van der Waals surface area (Å²) >= 11 is 0. The second kappa shape index (κ2) is 8.08. The summed E-state index contributed by atoms with van der Waals surface area (Å²) in [5, 5.41) is 5.45. The molecule has 0 heterocycles. The van der Waals surface area contributed by atoms with Gasteiger partial charge in [0.15, 0.2) is 0 Å². The van der Waals surface area contributed by atoms with E-state index in [-0.39, 0.29) is 30.6 Å². The van der Waals surface area contributed by atoms with E-state index in [4.69, 9.17) is 0 Å². The highest BCUT2D eigenvalue weighted by Gasteiger charge is 2.17. The molecule has 0 aliphatic rings. The van der Waals surface area contributed by atoms with Gasteiger partial charge in [0.1, 0.15) is 5.82 Å². The molecule has 2 N–H and O–H groups in total. The van der Waals surface area contributed by atoms with Crippen LogP contribution in [0.3, 0.4) is 0 Å². The third-order valence-corrected chi connectivity index (χ3v) is 3.40. The predicted octanol–water partition coefficient (Wildman–Crippen LogP) is 2.71. The summed E-state index contributed by atoms with van der Waals surface area (Å²) in [6, 6.07) is 15.2. The van der Waals surface area contributed by atoms with Crippen molar-refractivity contribution in [1.29, 1.82) is 0 Å². The number of benzene rings is 2. The maximum atomic E-state index is 13.5. The quantitative estimate of drug-likeness (QED) is 0.861. The maximum absolute atomic E-state index is 13.5. The van der Waals surface area contributed by atoms with Crippen LogP contribution in [0, 0.1) is 5.82 Å². The summed E-state index contributed by atoms with van der Waals surface area (Å²) < 4.78 is 13.5. The summed E-state index contributed by atoms with van der Waals surface area (Å²) in [6.45, 7) is 1.53. The van der Waals surface area contributed by atoms with Gasteiger partial charge in [-0.1, -0.05) is 48.5 Å². The molecule has 2 aromatic rings. The zero-order chi connectivity index (χ0) is 16.7. The van der Waals surface area contributed by atoms with Gasteiger partial charge in [-0.15, -0.1) is 0 Å². The molecule has 0 bridgehead atoms. The first-order valence-electron chi connectivity index (χ1n) is 7.38. The molecule has 0 aliphatic carbocycles. The van der Waals surface area contributed by atoms with Crippen molar-refractivity contribution in [3.63, 3.8) is 0 Å². The van der Waals surface area contributed by atoms with E-state index in [1.165, 1.54) is 13.0 Å². The van der Waals surface area contributed by atoms with Crippen LogP contribution in [0.2, 0.25) is 0 Å². The molecule has 0 saturated carbocycles. The third-order valence-electron chi connectivity index (χ3n) is 3.40. The van der Waals surface area contributed by atoms with Crippen molar-refractivity contribution in [2.75, 3.05) is 0 Å². The van der Waals surface area contributed by atoms with Crippen molar-refractivity contribution < 1.29 is 14.0 Å². The number of nitrogens with one attached hydrogen (secondary N) is 2. The van der Waals surface area contributed by atoms with E-state index < -0.39 is 6.04 Å². The lowest BCUT2D eigenvalue weighted by molar-refractivity contribution is -0.122. The lowest BCUT2D eigenvalue weighted by Gasteiger charge is -2.18. The van der Waals surface area contributed by atoms with Crippen LogP contribution in [0.25, 0.3) is 0 Å². The molecular formula is C18H19FN2O2. The Hall–Kier alpha value is -2.69. The number of hydrogen-bond acceptors (Lipinski definition) is 2. The van der Waals surface area contributed by atoms with Gasteiger partial charge in [-0.2, -0.15) is 0 Å². The van der Waals surface area contributed by atoms with Gasteiger partial charge in [0.25, 0.3) is 0 Å². The Morgan fingerprint density at radius 1 is 1.04 bits per heavy atom. The molecule has 2 aromatic carbocycles. The molecule has 0 fully saturated rings. The summed E-state index contributed by atoms with van der Waals surface area (Å²) in [4.78, 5) is 23.4. The molecule has 0 saturated heterocycles. The molecule has 120 valence electrons. The fourth-order valence-electron chi connectivity index (χ4n) is 2.28. The van der Waals surface area contributed by atoms with E-state index in [9.17, 15) is 14.0 Å². The Bertz CT molecular complexity index is 674. The van der Waals surface area contributed by atoms with Crippen LogP contribution < -0.4 is 10.6 Å². The van der Waals surface area contributed by atoms with Crippen LogP contribution in [-0.2, 0) is 16.1 Å². The monoisotopic (exact) mass is 314 g/mol. The van der Waals surface area contributed by atoms with Crippen LogP contribution in [0.5, 0.6) is 0 Å². The normalized spacial score (nSPS) is 11.6. The Balaban J connectivity index is 1.98. The second-order valence-corrected chi connectivity index (χ2v) is 5.24. The molecule has 23 heavy (non-hydrogen) atoms. The first-order valence-corrected chi connectivity index (χ1v) is 7.38. The Labute approximate surface area is 134 Å².